The molecule has 1 aromatic rings. The third-order valence-electron chi connectivity index (χ3n) is 3.31. The first kappa shape index (κ1) is 18.4. The van der Waals surface area contributed by atoms with Gasteiger partial charge in [-0.3, -0.25) is 0 Å². The smallest absolute Gasteiger partial charge is 0.243 e. The third-order valence-corrected chi connectivity index (χ3v) is 6.11. The molecular formula is C15H23BrN2O2S. The maximum absolute atomic E-state index is 12.7. The Bertz CT molecular complexity index is 600. The number of nitrogens with one attached hydrogen (secondary N) is 1. The Morgan fingerprint density at radius 2 is 2.10 bits per heavy atom. The fourth-order valence-electron chi connectivity index (χ4n) is 2.03. The minimum Gasteiger partial charge on any atom is -0.316 e. The average molecular weight is 375 g/mol. The van der Waals surface area contributed by atoms with Crippen molar-refractivity contribution in [3.63, 3.8) is 0 Å². The molecular weight excluding hydrogens is 352 g/mol. The number of allylic oxidation sites excluding steroid dienone is 1. The fourth-order valence-corrected chi connectivity index (χ4v) is 4.17. The van der Waals surface area contributed by atoms with Gasteiger partial charge in [-0.05, 0) is 50.1 Å². The van der Waals surface area contributed by atoms with E-state index in [1.54, 1.807) is 19.2 Å². The van der Waals surface area contributed by atoms with Crippen LogP contribution in [0.1, 0.15) is 24.0 Å². The van der Waals surface area contributed by atoms with Crippen molar-refractivity contribution in [2.45, 2.75) is 31.2 Å². The van der Waals surface area contributed by atoms with Crippen molar-refractivity contribution in [1.82, 2.24) is 9.62 Å². The number of hydrogen-bond acceptors (Lipinski definition) is 3. The van der Waals surface area contributed by atoms with Gasteiger partial charge in [-0.15, -0.1) is 6.58 Å². The molecule has 0 atom stereocenters. The molecule has 0 amide bonds. The summed E-state index contributed by atoms with van der Waals surface area (Å²) in [6.07, 6.45) is 3.38. The molecule has 0 aliphatic rings. The van der Waals surface area contributed by atoms with Gasteiger partial charge in [0.2, 0.25) is 10.0 Å². The lowest BCUT2D eigenvalue weighted by Gasteiger charge is -2.19. The summed E-state index contributed by atoms with van der Waals surface area (Å²) in [5.41, 5.74) is 1.68. The molecule has 0 saturated heterocycles. The van der Waals surface area contributed by atoms with Crippen LogP contribution in [0, 0.1) is 6.92 Å². The normalized spacial score (nSPS) is 11.9. The molecule has 0 fully saturated rings. The van der Waals surface area contributed by atoms with E-state index in [-0.39, 0.29) is 0 Å². The highest BCUT2D eigenvalue weighted by atomic mass is 79.9. The molecule has 0 bridgehead atoms. The zero-order chi connectivity index (χ0) is 16.0. The van der Waals surface area contributed by atoms with E-state index in [2.05, 4.69) is 27.8 Å². The van der Waals surface area contributed by atoms with Crippen LogP contribution in [0.25, 0.3) is 0 Å². The highest BCUT2D eigenvalue weighted by molar-refractivity contribution is 9.10. The topological polar surface area (TPSA) is 49.4 Å². The van der Waals surface area contributed by atoms with E-state index < -0.39 is 10.0 Å². The zero-order valence-electron chi connectivity index (χ0n) is 12.8. The molecule has 0 spiro atoms. The first-order valence-electron chi connectivity index (χ1n) is 6.85. The van der Waals surface area contributed by atoms with Crippen molar-refractivity contribution in [2.24, 2.45) is 0 Å². The van der Waals surface area contributed by atoms with Crippen molar-refractivity contribution in [3.05, 3.63) is 40.4 Å². The first-order chi connectivity index (χ1) is 9.84. The Kier molecular flexibility index (Phi) is 7.06. The van der Waals surface area contributed by atoms with E-state index in [0.29, 0.717) is 18.0 Å². The predicted molar refractivity (Wildman–Crippen MR) is 90.9 cm³/mol. The largest absolute Gasteiger partial charge is 0.316 e. The summed E-state index contributed by atoms with van der Waals surface area (Å²) in [5.74, 6) is 0. The minimum absolute atomic E-state index is 0.364. The summed E-state index contributed by atoms with van der Waals surface area (Å²) in [6, 6.07) is 3.69. The van der Waals surface area contributed by atoms with Crippen LogP contribution in [0.15, 0.2) is 34.2 Å². The highest BCUT2D eigenvalue weighted by Gasteiger charge is 2.24. The van der Waals surface area contributed by atoms with E-state index >= 15 is 0 Å². The molecule has 1 rings (SSSR count). The maximum Gasteiger partial charge on any atom is 0.243 e. The van der Waals surface area contributed by atoms with Crippen LogP contribution < -0.4 is 5.32 Å². The van der Waals surface area contributed by atoms with Gasteiger partial charge in [0.1, 0.15) is 0 Å². The molecule has 0 aromatic heterocycles. The van der Waals surface area contributed by atoms with Crippen LogP contribution in [-0.2, 0) is 16.6 Å². The number of halogens is 1. The Morgan fingerprint density at radius 3 is 2.67 bits per heavy atom. The van der Waals surface area contributed by atoms with Crippen LogP contribution >= 0.6 is 15.9 Å². The van der Waals surface area contributed by atoms with Crippen molar-refractivity contribution in [3.8, 4) is 0 Å². The van der Waals surface area contributed by atoms with Gasteiger partial charge < -0.3 is 5.32 Å². The van der Waals surface area contributed by atoms with Gasteiger partial charge in [-0.2, -0.15) is 0 Å². The van der Waals surface area contributed by atoms with Crippen LogP contribution in [0.5, 0.6) is 0 Å². The summed E-state index contributed by atoms with van der Waals surface area (Å²) in [5, 5.41) is 3.04. The summed E-state index contributed by atoms with van der Waals surface area (Å²) < 4.78 is 27.7. The van der Waals surface area contributed by atoms with Crippen molar-refractivity contribution < 1.29 is 8.42 Å². The average Bonchev–Trinajstić information content (AvgIpc) is 2.42. The number of hydrogen-bond donors (Lipinski definition) is 1. The summed E-state index contributed by atoms with van der Waals surface area (Å²) in [7, 11) is -0.0140. The Morgan fingerprint density at radius 1 is 1.43 bits per heavy atom. The third kappa shape index (κ3) is 4.64. The van der Waals surface area contributed by atoms with Crippen molar-refractivity contribution in [2.75, 3.05) is 20.6 Å². The molecule has 4 nitrogen and oxygen atoms in total. The van der Waals surface area contributed by atoms with Crippen LogP contribution in [0.4, 0.5) is 0 Å². The van der Waals surface area contributed by atoms with Crippen LogP contribution in [0.2, 0.25) is 0 Å². The fraction of sp³-hybridized carbons (Fsp3) is 0.467. The Balaban J connectivity index is 3.14. The Labute approximate surface area is 136 Å². The second kappa shape index (κ2) is 8.08. The summed E-state index contributed by atoms with van der Waals surface area (Å²) in [6.45, 7) is 6.59. The number of nitrogens with zero attached hydrogens (tertiary/aromatic N) is 1. The number of unbranched alkanes of at least 4 members (excludes halogenated alkanes) is 1. The summed E-state index contributed by atoms with van der Waals surface area (Å²) in [4.78, 5) is 0.364. The van der Waals surface area contributed by atoms with E-state index in [1.165, 1.54) is 4.31 Å². The van der Waals surface area contributed by atoms with E-state index in [1.807, 2.05) is 20.0 Å². The summed E-state index contributed by atoms with van der Waals surface area (Å²) >= 11 is 3.45. The molecule has 1 aromatic carbocycles. The van der Waals surface area contributed by atoms with Gasteiger partial charge in [0.25, 0.3) is 0 Å². The second-order valence-electron chi connectivity index (χ2n) is 4.99. The Hall–Kier alpha value is -0.690. The molecule has 6 heteroatoms. The monoisotopic (exact) mass is 374 g/mol. The first-order valence-corrected chi connectivity index (χ1v) is 9.08. The molecule has 0 unspecified atom stereocenters. The van der Waals surface area contributed by atoms with E-state index in [4.69, 9.17) is 0 Å². The van der Waals surface area contributed by atoms with Crippen LogP contribution in [-0.4, -0.2) is 33.4 Å². The molecule has 0 radical (unpaired) electrons. The lowest BCUT2D eigenvalue weighted by atomic mass is 10.1. The van der Waals surface area contributed by atoms with Gasteiger partial charge in [0.15, 0.2) is 0 Å². The number of benzene rings is 1. The van der Waals surface area contributed by atoms with Gasteiger partial charge >= 0.3 is 0 Å². The highest BCUT2D eigenvalue weighted by Crippen LogP contribution is 2.27. The second-order valence-corrected chi connectivity index (χ2v) is 7.86. The number of rotatable bonds is 8. The molecule has 1 N–H and O–H groups in total. The van der Waals surface area contributed by atoms with E-state index in [0.717, 1.165) is 28.4 Å². The van der Waals surface area contributed by atoms with Crippen molar-refractivity contribution >= 4 is 26.0 Å². The molecule has 0 aliphatic heterocycles. The lowest BCUT2D eigenvalue weighted by molar-refractivity contribution is 0.462. The van der Waals surface area contributed by atoms with Crippen LogP contribution in [0.3, 0.4) is 0 Å². The zero-order valence-corrected chi connectivity index (χ0v) is 15.2. The van der Waals surface area contributed by atoms with E-state index in [9.17, 15) is 8.42 Å². The molecule has 0 heterocycles. The molecule has 118 valence electrons. The molecule has 0 aliphatic carbocycles. The lowest BCUT2D eigenvalue weighted by Crippen LogP contribution is -2.28. The van der Waals surface area contributed by atoms with Gasteiger partial charge in [-0.1, -0.05) is 22.0 Å². The van der Waals surface area contributed by atoms with Gasteiger partial charge in [0.05, 0.1) is 4.90 Å². The number of sulfonamides is 1. The van der Waals surface area contributed by atoms with Gasteiger partial charge in [-0.25, -0.2) is 12.7 Å². The SMILES string of the molecule is C=CCCCN(C)S(=O)(=O)c1cc(CNC)cc(Br)c1C. The quantitative estimate of drug-likeness (QED) is 0.561. The minimum atomic E-state index is -3.47. The molecule has 21 heavy (non-hydrogen) atoms. The van der Waals surface area contributed by atoms with Crippen molar-refractivity contribution in [1.29, 1.82) is 0 Å². The standard InChI is InChI=1S/C15H23BrN2O2S/c1-5-6-7-8-18(4)21(19,20)15-10-13(11-17-3)9-14(16)12(15)2/h5,9-10,17H,1,6-8,11H2,2-4H3. The maximum atomic E-state index is 12.7. The van der Waals surface area contributed by atoms with Gasteiger partial charge in [0, 0.05) is 24.6 Å². The molecule has 0 saturated carbocycles. The predicted octanol–water partition coefficient (Wildman–Crippen LogP) is 3.06.